The standard InChI is InChI=1S/C32H46INO3SSi/c1-22-8-10-23(11-9-22)26-16-17-34(18-19-37-39(6,7)32(2,3)4)21-28(26)27-20-29(38-30(27)31(35)36-5)24-12-14-25(33)15-13-24/h12-15,20,22-23H,8-11,16-19,21H2,1-7H3. The van der Waals surface area contributed by atoms with E-state index in [1.807, 2.05) is 0 Å². The van der Waals surface area contributed by atoms with Crippen LogP contribution in [0.5, 0.6) is 0 Å². The van der Waals surface area contributed by atoms with Gasteiger partial charge in [0, 0.05) is 40.3 Å². The van der Waals surface area contributed by atoms with Crippen LogP contribution in [0.2, 0.25) is 18.1 Å². The molecule has 2 aliphatic rings. The Morgan fingerprint density at radius 1 is 1.13 bits per heavy atom. The van der Waals surface area contributed by atoms with E-state index in [1.165, 1.54) is 41.9 Å². The van der Waals surface area contributed by atoms with Gasteiger partial charge in [0.05, 0.1) is 7.11 Å². The van der Waals surface area contributed by atoms with Crippen molar-refractivity contribution in [1.82, 2.24) is 4.90 Å². The molecule has 1 aliphatic heterocycles. The first-order valence-electron chi connectivity index (χ1n) is 14.5. The minimum atomic E-state index is -1.78. The molecule has 0 spiro atoms. The smallest absolute Gasteiger partial charge is 0.348 e. The Kier molecular flexibility index (Phi) is 10.2. The first kappa shape index (κ1) is 30.9. The molecule has 0 radical (unpaired) electrons. The van der Waals surface area contributed by atoms with Crippen molar-refractivity contribution in [2.24, 2.45) is 11.8 Å². The minimum absolute atomic E-state index is 0.212. The molecule has 0 unspecified atom stereocenters. The molecule has 214 valence electrons. The molecule has 7 heteroatoms. The molecule has 4 nitrogen and oxygen atoms in total. The average molecular weight is 680 g/mol. The fourth-order valence-electron chi connectivity index (χ4n) is 5.60. The molecule has 0 N–H and O–H groups in total. The van der Waals surface area contributed by atoms with E-state index in [9.17, 15) is 4.79 Å². The van der Waals surface area contributed by atoms with Crippen LogP contribution in [0.15, 0.2) is 35.9 Å². The maximum atomic E-state index is 13.1. The van der Waals surface area contributed by atoms with Crippen molar-refractivity contribution in [2.75, 3.05) is 33.4 Å². The molecule has 0 atom stereocenters. The molecule has 2 aromatic rings. The lowest BCUT2D eigenvalue weighted by Crippen LogP contribution is -2.43. The summed E-state index contributed by atoms with van der Waals surface area (Å²) in [6.07, 6.45) is 6.19. The van der Waals surface area contributed by atoms with Crippen molar-refractivity contribution in [3.05, 3.63) is 49.9 Å². The van der Waals surface area contributed by atoms with Crippen LogP contribution in [0.4, 0.5) is 0 Å². The van der Waals surface area contributed by atoms with Crippen LogP contribution in [0, 0.1) is 15.4 Å². The summed E-state index contributed by atoms with van der Waals surface area (Å²) in [6.45, 7) is 17.6. The van der Waals surface area contributed by atoms with Gasteiger partial charge >= 0.3 is 5.97 Å². The summed E-state index contributed by atoms with van der Waals surface area (Å²) in [5.41, 5.74) is 5.19. The lowest BCUT2D eigenvalue weighted by Gasteiger charge is -2.39. The predicted molar refractivity (Wildman–Crippen MR) is 176 cm³/mol. The lowest BCUT2D eigenvalue weighted by atomic mass is 9.75. The average Bonchev–Trinajstić information content (AvgIpc) is 3.34. The molecule has 1 saturated carbocycles. The summed E-state index contributed by atoms with van der Waals surface area (Å²) in [7, 11) is -0.283. The molecule has 1 aliphatic carbocycles. The predicted octanol–water partition coefficient (Wildman–Crippen LogP) is 9.11. The Morgan fingerprint density at radius 3 is 2.41 bits per heavy atom. The zero-order valence-corrected chi connectivity index (χ0v) is 28.8. The van der Waals surface area contributed by atoms with Gasteiger partial charge in [-0.3, -0.25) is 4.90 Å². The third-order valence-corrected chi connectivity index (χ3v) is 15.6. The molecule has 1 aromatic carbocycles. The number of benzene rings is 1. The summed E-state index contributed by atoms with van der Waals surface area (Å²) >= 11 is 3.91. The summed E-state index contributed by atoms with van der Waals surface area (Å²) in [4.78, 5) is 17.5. The van der Waals surface area contributed by atoms with Gasteiger partial charge < -0.3 is 9.16 Å². The molecule has 2 heterocycles. The van der Waals surface area contributed by atoms with Crippen LogP contribution < -0.4 is 0 Å². The number of nitrogens with zero attached hydrogens (tertiary/aromatic N) is 1. The summed E-state index contributed by atoms with van der Waals surface area (Å²) < 4.78 is 13.1. The number of methoxy groups -OCH3 is 1. The van der Waals surface area contributed by atoms with Gasteiger partial charge in [-0.2, -0.15) is 0 Å². The molecule has 0 bridgehead atoms. The highest BCUT2D eigenvalue weighted by Crippen LogP contribution is 2.44. The molecule has 1 aromatic heterocycles. The van der Waals surface area contributed by atoms with Crippen LogP contribution in [-0.2, 0) is 9.16 Å². The van der Waals surface area contributed by atoms with Crippen LogP contribution in [0.25, 0.3) is 16.0 Å². The van der Waals surface area contributed by atoms with E-state index in [0.717, 1.165) is 59.5 Å². The first-order valence-corrected chi connectivity index (χ1v) is 19.3. The van der Waals surface area contributed by atoms with Crippen molar-refractivity contribution >= 4 is 53.8 Å². The molecule has 0 amide bonds. The molecular formula is C32H46INO3SSi. The number of hydrogen-bond acceptors (Lipinski definition) is 5. The van der Waals surface area contributed by atoms with Crippen molar-refractivity contribution in [1.29, 1.82) is 0 Å². The van der Waals surface area contributed by atoms with Gasteiger partial charge in [0.15, 0.2) is 8.32 Å². The van der Waals surface area contributed by atoms with Crippen molar-refractivity contribution < 1.29 is 14.0 Å². The SMILES string of the molecule is COC(=O)c1sc(-c2ccc(I)cc2)cc1C1=C(C2CCC(C)CC2)CCN(CCO[Si](C)(C)C(C)(C)C)C1. The lowest BCUT2D eigenvalue weighted by molar-refractivity contribution is 0.0606. The number of halogens is 1. The number of carbonyl (C=O) groups excluding carboxylic acids is 1. The highest BCUT2D eigenvalue weighted by atomic mass is 127. The molecule has 1 fully saturated rings. The molecule has 0 saturated heterocycles. The van der Waals surface area contributed by atoms with Gasteiger partial charge in [-0.15, -0.1) is 11.3 Å². The van der Waals surface area contributed by atoms with Crippen LogP contribution in [-0.4, -0.2) is 52.5 Å². The van der Waals surface area contributed by atoms with Gasteiger partial charge in [0.25, 0.3) is 0 Å². The van der Waals surface area contributed by atoms with Crippen molar-refractivity contribution in [2.45, 2.75) is 77.9 Å². The van der Waals surface area contributed by atoms with Crippen molar-refractivity contribution in [3.8, 4) is 10.4 Å². The van der Waals surface area contributed by atoms with E-state index >= 15 is 0 Å². The third-order valence-electron chi connectivity index (χ3n) is 9.21. The number of thiophene rings is 1. The van der Waals surface area contributed by atoms with E-state index < -0.39 is 8.32 Å². The van der Waals surface area contributed by atoms with E-state index in [1.54, 1.807) is 16.9 Å². The Labute approximate surface area is 254 Å². The highest BCUT2D eigenvalue weighted by molar-refractivity contribution is 14.1. The second kappa shape index (κ2) is 12.9. The molecule has 4 rings (SSSR count). The second-order valence-electron chi connectivity index (χ2n) is 12.9. The van der Waals surface area contributed by atoms with Gasteiger partial charge in [-0.25, -0.2) is 4.79 Å². The zero-order chi connectivity index (χ0) is 28.4. The quantitative estimate of drug-likeness (QED) is 0.159. The van der Waals surface area contributed by atoms with Gasteiger partial charge in [0.1, 0.15) is 4.88 Å². The maximum absolute atomic E-state index is 13.1. The number of carbonyl (C=O) groups is 1. The van der Waals surface area contributed by atoms with Gasteiger partial charge in [-0.1, -0.05) is 58.2 Å². The molecular weight excluding hydrogens is 633 g/mol. The van der Waals surface area contributed by atoms with E-state index in [4.69, 9.17) is 9.16 Å². The Morgan fingerprint density at radius 2 is 1.79 bits per heavy atom. The topological polar surface area (TPSA) is 38.8 Å². The van der Waals surface area contributed by atoms with E-state index in [2.05, 4.69) is 98.6 Å². The van der Waals surface area contributed by atoms with Crippen molar-refractivity contribution in [3.63, 3.8) is 0 Å². The Balaban J connectivity index is 1.67. The third kappa shape index (κ3) is 7.45. The number of esters is 1. The van der Waals surface area contributed by atoms with Gasteiger partial charge in [0.2, 0.25) is 0 Å². The van der Waals surface area contributed by atoms with Crippen LogP contribution in [0.1, 0.15) is 75.0 Å². The van der Waals surface area contributed by atoms with Gasteiger partial charge in [-0.05, 0) is 101 Å². The summed E-state index contributed by atoms with van der Waals surface area (Å²) in [6, 6.07) is 10.8. The van der Waals surface area contributed by atoms with E-state index in [-0.39, 0.29) is 11.0 Å². The fraction of sp³-hybridized carbons (Fsp3) is 0.594. The van der Waals surface area contributed by atoms with Crippen LogP contribution >= 0.6 is 33.9 Å². The monoisotopic (exact) mass is 679 g/mol. The Bertz CT molecular complexity index is 1170. The number of ether oxygens (including phenoxy) is 1. The number of hydrogen-bond donors (Lipinski definition) is 0. The Hall–Kier alpha value is -1.00. The fourth-order valence-corrected chi connectivity index (χ4v) is 8.11. The number of rotatable bonds is 8. The summed E-state index contributed by atoms with van der Waals surface area (Å²) in [5, 5.41) is 0.212. The first-order chi connectivity index (χ1) is 18.4. The highest BCUT2D eigenvalue weighted by Gasteiger charge is 2.37. The zero-order valence-electron chi connectivity index (χ0n) is 24.9. The van der Waals surface area contributed by atoms with Crippen LogP contribution in [0.3, 0.4) is 0 Å². The molecule has 39 heavy (non-hydrogen) atoms. The normalized spacial score (nSPS) is 21.3. The van der Waals surface area contributed by atoms with E-state index in [0.29, 0.717) is 5.92 Å². The summed E-state index contributed by atoms with van der Waals surface area (Å²) in [5.74, 6) is 1.21. The largest absolute Gasteiger partial charge is 0.465 e. The maximum Gasteiger partial charge on any atom is 0.348 e. The second-order valence-corrected chi connectivity index (χ2v) is 20.1. The minimum Gasteiger partial charge on any atom is -0.465 e.